The van der Waals surface area contributed by atoms with E-state index in [1.807, 2.05) is 24.3 Å². The van der Waals surface area contributed by atoms with Crippen LogP contribution >= 0.6 is 11.8 Å². The summed E-state index contributed by atoms with van der Waals surface area (Å²) in [5.41, 5.74) is 5.53. The monoisotopic (exact) mass is 1010 g/mol. The molecule has 4 fully saturated rings. The number of hydrogen-bond donors (Lipinski definition) is 6. The highest BCUT2D eigenvalue weighted by molar-refractivity contribution is 7.99. The zero-order valence-corrected chi connectivity index (χ0v) is 45.5. The minimum Gasteiger partial charge on any atom is -0.461 e. The minimum atomic E-state index is -0.994. The summed E-state index contributed by atoms with van der Waals surface area (Å²) in [6.45, 7) is 23.3. The van der Waals surface area contributed by atoms with Crippen LogP contribution in [0.15, 0.2) is 24.3 Å². The first kappa shape index (κ1) is 57.9. The normalized spacial score (nSPS) is 30.5. The van der Waals surface area contributed by atoms with Crippen LogP contribution in [0.4, 0.5) is 10.5 Å². The fraction of sp³-hybridized carbons (Fsp3) is 0.764. The lowest BCUT2D eigenvalue weighted by Gasteiger charge is -2.62. The maximum absolute atomic E-state index is 14.0. The van der Waals surface area contributed by atoms with Gasteiger partial charge < -0.3 is 36.8 Å². The van der Waals surface area contributed by atoms with Crippen LogP contribution in [0.3, 0.4) is 0 Å². The molecule has 1 aliphatic heterocycles. The Morgan fingerprint density at radius 3 is 2.21 bits per heavy atom. The van der Waals surface area contributed by atoms with Gasteiger partial charge in [-0.25, -0.2) is 4.79 Å². The highest BCUT2D eigenvalue weighted by Crippen LogP contribution is 2.68. The Hall–Kier alpha value is -4.02. The van der Waals surface area contributed by atoms with E-state index in [-0.39, 0.29) is 96.1 Å². The highest BCUT2D eigenvalue weighted by Gasteiger charge is 2.68. The lowest BCUT2D eigenvalue weighted by Crippen LogP contribution is -2.64. The Kier molecular flexibility index (Phi) is 20.2. The second-order valence-corrected chi connectivity index (χ2v) is 24.1. The predicted octanol–water partition coefficient (Wildman–Crippen LogP) is 7.56. The third-order valence-corrected chi connectivity index (χ3v) is 19.0. The number of aliphatic hydroxyl groups is 1. The third-order valence-electron chi connectivity index (χ3n) is 17.9. The van der Waals surface area contributed by atoms with Crippen LogP contribution in [-0.2, 0) is 40.0 Å². The molecule has 5 rings (SSSR count). The number of nitrogens with one attached hydrogen (secondary N) is 4. The number of Topliss-reactive ketones (excluding diaryl/α,β-unsaturated/α-hetero) is 2. The molecule has 2 bridgehead atoms. The van der Waals surface area contributed by atoms with Gasteiger partial charge in [0.05, 0.1) is 11.9 Å². The van der Waals surface area contributed by atoms with Crippen molar-refractivity contribution in [1.82, 2.24) is 20.9 Å². The number of hydrogen-bond acceptors (Lipinski definition) is 11. The van der Waals surface area contributed by atoms with E-state index in [9.17, 15) is 38.7 Å². The lowest BCUT2D eigenvalue weighted by atomic mass is 9.43. The average Bonchev–Trinajstić information content (AvgIpc) is 3.88. The number of amides is 5. The van der Waals surface area contributed by atoms with Crippen molar-refractivity contribution in [2.45, 2.75) is 196 Å². The molecule has 3 saturated carbocycles. The van der Waals surface area contributed by atoms with Crippen molar-refractivity contribution in [2.24, 2.45) is 57.5 Å². The number of carbonyl (C=O) groups is 7. The number of carbonyl (C=O) groups excluding carboxylic acids is 7. The Labute approximate surface area is 428 Å². The quantitative estimate of drug-likeness (QED) is 0.0463. The second kappa shape index (κ2) is 24.8. The Morgan fingerprint density at radius 1 is 0.915 bits per heavy atom. The number of primary amides is 1. The third kappa shape index (κ3) is 13.4. The molecule has 0 radical (unpaired) electrons. The number of rotatable bonds is 23. The molecule has 1 heterocycles. The molecule has 5 amide bonds. The van der Waals surface area contributed by atoms with E-state index in [0.717, 1.165) is 49.8 Å². The SMILES string of the molecule is CCC1CCC(CSCC(=O)O[C@@H]2C[C@@](C)(C(C)C)[C@@H](O)[C@H](C)[C@]34CCC(=O)[C@H]3[C@@]2(C)[C@H](C)CC4)N1Cc1ccc(NC(=O)[C@H](CCCNC(N)=O)NC(=O)[C@@H](NC(=O)CCC(=O)C(C)C)C(C)C)cc1. The number of nitrogens with two attached hydrogens (primary N) is 1. The number of ether oxygens (including phenoxy) is 1. The number of nitrogens with zero attached hydrogens (tertiary/aromatic N) is 1. The molecule has 1 aromatic carbocycles. The van der Waals surface area contributed by atoms with E-state index in [2.05, 4.69) is 74.6 Å². The standard InChI is InChI=1S/C55H88N6O9S/c1-12-39-19-20-40(30-71-31-46(65)70-44-28-53(10,34(6)7)49(66)36(9)55-25-23-35(8)54(44,11)48(55)43(63)24-26-55)61(39)29-37-15-17-38(18-16-37)58-50(67)41(14-13-27-57-52(56)69)59-51(68)47(33(4)5)60-45(64)22-21-42(62)32(2)3/h15-18,32-36,39-41,44,47-49,66H,12-14,19-31H2,1-11H3,(H,58,67)(H,59,68)(H,60,64)(H3,56,57,69)/t35-,36+,39?,40?,41+,44-,47+,48+,49+,53+,54+,55+/m1/s1. The zero-order valence-electron chi connectivity index (χ0n) is 44.7. The van der Waals surface area contributed by atoms with E-state index in [1.165, 1.54) is 0 Å². The van der Waals surface area contributed by atoms with E-state index < -0.39 is 58.9 Å². The van der Waals surface area contributed by atoms with Crippen LogP contribution in [-0.4, -0.2) is 106 Å². The zero-order chi connectivity index (χ0) is 52.6. The van der Waals surface area contributed by atoms with Gasteiger partial charge in [-0.05, 0) is 110 Å². The van der Waals surface area contributed by atoms with Gasteiger partial charge in [-0.2, -0.15) is 0 Å². The first-order valence-corrected chi connectivity index (χ1v) is 27.8. The van der Waals surface area contributed by atoms with Crippen molar-refractivity contribution in [1.29, 1.82) is 0 Å². The number of benzene rings is 1. The Morgan fingerprint density at radius 2 is 1.59 bits per heavy atom. The fourth-order valence-corrected chi connectivity index (χ4v) is 13.7. The number of urea groups is 1. The van der Waals surface area contributed by atoms with Crippen LogP contribution in [0.25, 0.3) is 0 Å². The highest BCUT2D eigenvalue weighted by atomic mass is 32.2. The number of esters is 1. The number of anilines is 1. The smallest absolute Gasteiger partial charge is 0.316 e. The van der Waals surface area contributed by atoms with Crippen molar-refractivity contribution in [3.05, 3.63) is 29.8 Å². The summed E-state index contributed by atoms with van der Waals surface area (Å²) < 4.78 is 6.63. The molecule has 1 saturated heterocycles. The summed E-state index contributed by atoms with van der Waals surface area (Å²) in [7, 11) is 0. The van der Waals surface area contributed by atoms with Gasteiger partial charge in [-0.1, -0.05) is 88.3 Å². The van der Waals surface area contributed by atoms with Crippen LogP contribution in [0.2, 0.25) is 0 Å². The molecule has 7 N–H and O–H groups in total. The molecular formula is C55H88N6O9S. The molecule has 0 aromatic heterocycles. The number of likely N-dealkylation sites (tertiary alicyclic amines) is 1. The summed E-state index contributed by atoms with van der Waals surface area (Å²) >= 11 is 1.60. The van der Waals surface area contributed by atoms with E-state index in [1.54, 1.807) is 39.5 Å². The number of aliphatic hydroxyl groups excluding tert-OH is 1. The molecule has 398 valence electrons. The van der Waals surface area contributed by atoms with Gasteiger partial charge in [0.2, 0.25) is 17.7 Å². The van der Waals surface area contributed by atoms with Crippen LogP contribution in [0.1, 0.15) is 159 Å². The molecule has 16 heteroatoms. The van der Waals surface area contributed by atoms with Gasteiger partial charge in [-0.15, -0.1) is 11.8 Å². The molecule has 0 spiro atoms. The van der Waals surface area contributed by atoms with Gasteiger partial charge in [-0.3, -0.25) is 33.7 Å². The van der Waals surface area contributed by atoms with Crippen molar-refractivity contribution in [3.8, 4) is 0 Å². The van der Waals surface area contributed by atoms with Gasteiger partial charge >= 0.3 is 12.0 Å². The second-order valence-electron chi connectivity index (χ2n) is 23.1. The molecule has 2 unspecified atom stereocenters. The van der Waals surface area contributed by atoms with Crippen LogP contribution in [0, 0.1) is 51.8 Å². The fourth-order valence-electron chi connectivity index (χ4n) is 12.7. The maximum Gasteiger partial charge on any atom is 0.316 e. The Balaban J connectivity index is 1.21. The summed E-state index contributed by atoms with van der Waals surface area (Å²) in [4.78, 5) is 94.1. The van der Waals surface area contributed by atoms with Crippen LogP contribution in [0.5, 0.6) is 0 Å². The molecule has 15 nitrogen and oxygen atoms in total. The number of ketones is 2. The summed E-state index contributed by atoms with van der Waals surface area (Å²) in [5.74, 6) is -0.968. The molecule has 1 aromatic rings. The first-order valence-electron chi connectivity index (χ1n) is 26.7. The first-order chi connectivity index (χ1) is 33.4. The molecule has 3 aliphatic carbocycles. The topological polar surface area (TPSA) is 226 Å². The van der Waals surface area contributed by atoms with Crippen molar-refractivity contribution >= 4 is 58.7 Å². The van der Waals surface area contributed by atoms with E-state index in [0.29, 0.717) is 37.5 Å². The number of thioether (sulfide) groups is 1. The Bertz CT molecular complexity index is 2050. The van der Waals surface area contributed by atoms with E-state index in [4.69, 9.17) is 10.5 Å². The van der Waals surface area contributed by atoms with Gasteiger partial charge in [0.1, 0.15) is 29.8 Å². The van der Waals surface area contributed by atoms with Crippen molar-refractivity contribution in [3.63, 3.8) is 0 Å². The predicted molar refractivity (Wildman–Crippen MR) is 279 cm³/mol. The largest absolute Gasteiger partial charge is 0.461 e. The van der Waals surface area contributed by atoms with Gasteiger partial charge in [0.15, 0.2) is 0 Å². The average molecular weight is 1010 g/mol. The van der Waals surface area contributed by atoms with E-state index >= 15 is 0 Å². The maximum atomic E-state index is 14.0. The van der Waals surface area contributed by atoms with Crippen molar-refractivity contribution in [2.75, 3.05) is 23.4 Å². The minimum absolute atomic E-state index is 0.0349. The summed E-state index contributed by atoms with van der Waals surface area (Å²) in [6.07, 6.45) is 6.16. The molecule has 4 aliphatic rings. The van der Waals surface area contributed by atoms with Gasteiger partial charge in [0, 0.05) is 73.1 Å². The summed E-state index contributed by atoms with van der Waals surface area (Å²) in [6, 6.07) is 5.61. The lowest BCUT2D eigenvalue weighted by molar-refractivity contribution is -0.215. The molecule has 12 atom stereocenters. The van der Waals surface area contributed by atoms with Crippen LogP contribution < -0.4 is 27.0 Å². The van der Waals surface area contributed by atoms with Gasteiger partial charge in [0.25, 0.3) is 0 Å². The molecular weight excluding hydrogens is 921 g/mol. The van der Waals surface area contributed by atoms with Crippen molar-refractivity contribution < 1.29 is 43.4 Å². The summed E-state index contributed by atoms with van der Waals surface area (Å²) in [5, 5.41) is 23.2. The molecule has 71 heavy (non-hydrogen) atoms.